The Morgan fingerprint density at radius 1 is 1.35 bits per heavy atom. The summed E-state index contributed by atoms with van der Waals surface area (Å²) in [7, 11) is 0. The van der Waals surface area contributed by atoms with Gasteiger partial charge in [0.05, 0.1) is 6.10 Å². The lowest BCUT2D eigenvalue weighted by Gasteiger charge is -2.25. The molecule has 1 amide bonds. The second kappa shape index (κ2) is 5.94. The molecule has 1 aliphatic rings. The summed E-state index contributed by atoms with van der Waals surface area (Å²) in [5.41, 5.74) is 7.07. The molecule has 1 fully saturated rings. The first-order valence-corrected chi connectivity index (χ1v) is 7.24. The van der Waals surface area contributed by atoms with Crippen molar-refractivity contribution in [2.45, 2.75) is 39.3 Å². The molecule has 0 aliphatic heterocycles. The highest BCUT2D eigenvalue weighted by molar-refractivity contribution is 5.94. The third-order valence-corrected chi connectivity index (χ3v) is 4.20. The molecule has 1 aromatic carbocycles. The molecule has 1 atom stereocenters. The topological polar surface area (TPSA) is 75.3 Å². The molecule has 110 valence electrons. The first kappa shape index (κ1) is 15.0. The van der Waals surface area contributed by atoms with E-state index >= 15 is 0 Å². The van der Waals surface area contributed by atoms with Crippen LogP contribution in [-0.4, -0.2) is 23.7 Å². The fourth-order valence-electron chi connectivity index (χ4n) is 2.60. The number of carbonyl (C=O) groups is 1. The largest absolute Gasteiger partial charge is 0.392 e. The van der Waals surface area contributed by atoms with Crippen LogP contribution in [0.5, 0.6) is 0 Å². The van der Waals surface area contributed by atoms with Crippen LogP contribution >= 0.6 is 0 Å². The van der Waals surface area contributed by atoms with Crippen LogP contribution in [0.3, 0.4) is 0 Å². The minimum atomic E-state index is -0.345. The van der Waals surface area contributed by atoms with Crippen molar-refractivity contribution in [3.05, 3.63) is 35.4 Å². The van der Waals surface area contributed by atoms with Gasteiger partial charge in [0.25, 0.3) is 5.91 Å². The van der Waals surface area contributed by atoms with Crippen LogP contribution < -0.4 is 11.1 Å². The Morgan fingerprint density at radius 2 is 1.95 bits per heavy atom. The molecule has 4 heteroatoms. The first-order valence-electron chi connectivity index (χ1n) is 7.24. The Kier molecular flexibility index (Phi) is 4.45. The van der Waals surface area contributed by atoms with E-state index in [2.05, 4.69) is 5.32 Å². The van der Waals surface area contributed by atoms with E-state index in [1.54, 1.807) is 12.1 Å². The third-order valence-electron chi connectivity index (χ3n) is 4.20. The van der Waals surface area contributed by atoms with Crippen molar-refractivity contribution >= 4 is 5.91 Å². The fourth-order valence-corrected chi connectivity index (χ4v) is 2.60. The molecule has 0 saturated heterocycles. The van der Waals surface area contributed by atoms with Gasteiger partial charge in [-0.05, 0) is 36.5 Å². The lowest BCUT2D eigenvalue weighted by Crippen LogP contribution is -2.38. The summed E-state index contributed by atoms with van der Waals surface area (Å²) in [6.45, 7) is 5.05. The lowest BCUT2D eigenvalue weighted by atomic mass is 9.90. The van der Waals surface area contributed by atoms with E-state index in [9.17, 15) is 9.90 Å². The number of hydrogen-bond donors (Lipinski definition) is 3. The van der Waals surface area contributed by atoms with Gasteiger partial charge in [0.15, 0.2) is 0 Å². The molecule has 4 nitrogen and oxygen atoms in total. The van der Waals surface area contributed by atoms with Crippen LogP contribution in [0.2, 0.25) is 0 Å². The van der Waals surface area contributed by atoms with E-state index in [4.69, 9.17) is 5.73 Å². The molecule has 4 N–H and O–H groups in total. The zero-order valence-electron chi connectivity index (χ0n) is 12.2. The SMILES string of the molecule is CC(C)C(O)C1(CNC(=O)c2ccc(CN)cc2)CC1. The van der Waals surface area contributed by atoms with Gasteiger partial charge in [0, 0.05) is 24.1 Å². The first-order chi connectivity index (χ1) is 9.48. The van der Waals surface area contributed by atoms with Gasteiger partial charge < -0.3 is 16.2 Å². The molecule has 1 aromatic rings. The third kappa shape index (κ3) is 3.19. The minimum Gasteiger partial charge on any atom is -0.392 e. The van der Waals surface area contributed by atoms with Gasteiger partial charge in [0.2, 0.25) is 0 Å². The summed E-state index contributed by atoms with van der Waals surface area (Å²) in [5, 5.41) is 13.1. The maximum atomic E-state index is 12.1. The number of rotatable bonds is 6. The van der Waals surface area contributed by atoms with E-state index in [-0.39, 0.29) is 23.3 Å². The van der Waals surface area contributed by atoms with Gasteiger partial charge in [-0.3, -0.25) is 4.79 Å². The van der Waals surface area contributed by atoms with Crippen LogP contribution in [0.15, 0.2) is 24.3 Å². The van der Waals surface area contributed by atoms with Crippen molar-refractivity contribution in [2.24, 2.45) is 17.1 Å². The molecule has 0 heterocycles. The predicted molar refractivity (Wildman–Crippen MR) is 79.2 cm³/mol. The van der Waals surface area contributed by atoms with E-state index < -0.39 is 0 Å². The Labute approximate surface area is 120 Å². The summed E-state index contributed by atoms with van der Waals surface area (Å²) in [6, 6.07) is 7.31. The van der Waals surface area contributed by atoms with Gasteiger partial charge in [-0.1, -0.05) is 26.0 Å². The molecule has 1 saturated carbocycles. The van der Waals surface area contributed by atoms with Gasteiger partial charge in [-0.25, -0.2) is 0 Å². The number of benzene rings is 1. The molecule has 1 unspecified atom stereocenters. The molecule has 20 heavy (non-hydrogen) atoms. The highest BCUT2D eigenvalue weighted by atomic mass is 16.3. The molecule has 0 aromatic heterocycles. The van der Waals surface area contributed by atoms with Crippen molar-refractivity contribution in [1.29, 1.82) is 0 Å². The summed E-state index contributed by atoms with van der Waals surface area (Å²) in [5.74, 6) is 0.133. The van der Waals surface area contributed by atoms with Crippen LogP contribution in [0.4, 0.5) is 0 Å². The predicted octanol–water partition coefficient (Wildman–Crippen LogP) is 1.67. The number of aliphatic hydroxyl groups is 1. The fraction of sp³-hybridized carbons (Fsp3) is 0.562. The Bertz CT molecular complexity index is 464. The van der Waals surface area contributed by atoms with E-state index in [0.29, 0.717) is 18.7 Å². The van der Waals surface area contributed by atoms with Gasteiger partial charge in [-0.2, -0.15) is 0 Å². The number of nitrogens with two attached hydrogens (primary N) is 1. The molecule has 1 aliphatic carbocycles. The minimum absolute atomic E-state index is 0.0872. The maximum absolute atomic E-state index is 12.1. The normalized spacial score (nSPS) is 17.9. The average Bonchev–Trinajstić information content (AvgIpc) is 3.25. The van der Waals surface area contributed by atoms with Crippen molar-refractivity contribution in [1.82, 2.24) is 5.32 Å². The van der Waals surface area contributed by atoms with Crippen molar-refractivity contribution in [2.75, 3.05) is 6.54 Å². The Hall–Kier alpha value is -1.39. The number of carbonyl (C=O) groups excluding carboxylic acids is 1. The second-order valence-electron chi connectivity index (χ2n) is 6.13. The summed E-state index contributed by atoms with van der Waals surface area (Å²) >= 11 is 0. The van der Waals surface area contributed by atoms with E-state index in [1.807, 2.05) is 26.0 Å². The zero-order chi connectivity index (χ0) is 14.8. The Balaban J connectivity index is 1.92. The highest BCUT2D eigenvalue weighted by Crippen LogP contribution is 2.50. The smallest absolute Gasteiger partial charge is 0.251 e. The summed E-state index contributed by atoms with van der Waals surface area (Å²) in [4.78, 5) is 12.1. The number of amides is 1. The second-order valence-corrected chi connectivity index (χ2v) is 6.13. The van der Waals surface area contributed by atoms with Gasteiger partial charge in [0.1, 0.15) is 0 Å². The van der Waals surface area contributed by atoms with Crippen LogP contribution in [0.1, 0.15) is 42.6 Å². The van der Waals surface area contributed by atoms with Crippen molar-refractivity contribution in [3.8, 4) is 0 Å². The molecular weight excluding hydrogens is 252 g/mol. The average molecular weight is 276 g/mol. The lowest BCUT2D eigenvalue weighted by molar-refractivity contribution is 0.0490. The van der Waals surface area contributed by atoms with Crippen LogP contribution in [0.25, 0.3) is 0 Å². The molecule has 0 radical (unpaired) electrons. The number of hydrogen-bond acceptors (Lipinski definition) is 3. The molecule has 2 rings (SSSR count). The number of nitrogens with one attached hydrogen (secondary N) is 1. The van der Waals surface area contributed by atoms with Crippen LogP contribution in [-0.2, 0) is 6.54 Å². The van der Waals surface area contributed by atoms with Crippen molar-refractivity contribution in [3.63, 3.8) is 0 Å². The van der Waals surface area contributed by atoms with Gasteiger partial charge >= 0.3 is 0 Å². The summed E-state index contributed by atoms with van der Waals surface area (Å²) < 4.78 is 0. The number of aliphatic hydroxyl groups excluding tert-OH is 1. The van der Waals surface area contributed by atoms with Gasteiger partial charge in [-0.15, -0.1) is 0 Å². The van der Waals surface area contributed by atoms with Crippen molar-refractivity contribution < 1.29 is 9.90 Å². The van der Waals surface area contributed by atoms with E-state index in [1.165, 1.54) is 0 Å². The molecular formula is C16H24N2O2. The standard InChI is InChI=1S/C16H24N2O2/c1-11(2)14(19)16(7-8-16)10-18-15(20)13-5-3-12(9-17)4-6-13/h3-6,11,14,19H,7-10,17H2,1-2H3,(H,18,20). The quantitative estimate of drug-likeness (QED) is 0.740. The summed E-state index contributed by atoms with van der Waals surface area (Å²) in [6.07, 6.45) is 1.62. The molecule has 0 spiro atoms. The van der Waals surface area contributed by atoms with E-state index in [0.717, 1.165) is 18.4 Å². The zero-order valence-corrected chi connectivity index (χ0v) is 12.2. The maximum Gasteiger partial charge on any atom is 0.251 e. The highest BCUT2D eigenvalue weighted by Gasteiger charge is 2.49. The monoisotopic (exact) mass is 276 g/mol. The van der Waals surface area contributed by atoms with Crippen LogP contribution in [0, 0.1) is 11.3 Å². The molecule has 0 bridgehead atoms. The Morgan fingerprint density at radius 3 is 2.40 bits per heavy atom.